The molecule has 0 aliphatic rings. The second kappa shape index (κ2) is 5.52. The first-order valence-electron chi connectivity index (χ1n) is 4.63. The van der Waals surface area contributed by atoms with E-state index in [1.165, 1.54) is 7.05 Å². The minimum absolute atomic E-state index is 0.0360. The monoisotopic (exact) mass is 198 g/mol. The lowest BCUT2D eigenvalue weighted by molar-refractivity contribution is -0.144. The topological polar surface area (TPSA) is 54.5 Å². The fraction of sp³-hybridized carbons (Fsp3) is 0.700. The van der Waals surface area contributed by atoms with E-state index in [4.69, 9.17) is 0 Å². The maximum atomic E-state index is 11.4. The summed E-state index contributed by atoms with van der Waals surface area (Å²) in [4.78, 5) is 34.2. The van der Waals surface area contributed by atoms with Gasteiger partial charge in [-0.2, -0.15) is 0 Å². The number of amides is 1. The maximum Gasteiger partial charge on any atom is 0.290 e. The van der Waals surface area contributed by atoms with Crippen molar-refractivity contribution < 1.29 is 14.4 Å². The Kier molecular flexibility index (Phi) is 5.05. The van der Waals surface area contributed by atoms with E-state index in [9.17, 15) is 14.4 Å². The first-order chi connectivity index (χ1) is 6.45. The van der Waals surface area contributed by atoms with Crippen molar-refractivity contribution in [3.05, 3.63) is 0 Å². The van der Waals surface area contributed by atoms with Crippen molar-refractivity contribution in [2.45, 2.75) is 33.2 Å². The molecular formula is C10H16NO3. The Balaban J connectivity index is 4.58. The fourth-order valence-corrected chi connectivity index (χ4v) is 1.14. The average molecular weight is 198 g/mol. The molecule has 0 aromatic rings. The second-order valence-electron chi connectivity index (χ2n) is 3.50. The lowest BCUT2D eigenvalue weighted by atomic mass is 10.0. The summed E-state index contributed by atoms with van der Waals surface area (Å²) in [6, 6.07) is -0.641. The van der Waals surface area contributed by atoms with E-state index in [1.807, 2.05) is 0 Å². The third kappa shape index (κ3) is 2.94. The smallest absolute Gasteiger partial charge is 0.290 e. The standard InChI is InChI=1S/C10H16NO3/c1-5-9(13)10(14)11(4)8(6-12)7(2)3/h7-8H,5H2,1-4H3/t8-/m1/s1. The van der Waals surface area contributed by atoms with E-state index in [0.717, 1.165) is 4.90 Å². The van der Waals surface area contributed by atoms with Gasteiger partial charge in [-0.15, -0.1) is 0 Å². The molecular weight excluding hydrogens is 182 g/mol. The van der Waals surface area contributed by atoms with Gasteiger partial charge < -0.3 is 4.90 Å². The van der Waals surface area contributed by atoms with Crippen molar-refractivity contribution >= 4 is 18.0 Å². The molecule has 0 aliphatic heterocycles. The number of nitrogens with zero attached hydrogens (tertiary/aromatic N) is 1. The molecule has 1 radical (unpaired) electrons. The number of Topliss-reactive ketones (excluding diaryl/α,β-unsaturated/α-hetero) is 1. The third-order valence-corrected chi connectivity index (χ3v) is 2.05. The Bertz CT molecular complexity index is 236. The van der Waals surface area contributed by atoms with Gasteiger partial charge in [0.2, 0.25) is 12.1 Å². The van der Waals surface area contributed by atoms with Crippen LogP contribution in [0.3, 0.4) is 0 Å². The minimum atomic E-state index is -0.641. The van der Waals surface area contributed by atoms with Crippen molar-refractivity contribution in [3.63, 3.8) is 0 Å². The zero-order valence-corrected chi connectivity index (χ0v) is 9.03. The lowest BCUT2D eigenvalue weighted by Crippen LogP contribution is -2.44. The van der Waals surface area contributed by atoms with Crippen molar-refractivity contribution in [1.29, 1.82) is 0 Å². The number of carbonyl (C=O) groups excluding carboxylic acids is 3. The van der Waals surface area contributed by atoms with Crippen molar-refractivity contribution in [2.24, 2.45) is 5.92 Å². The Hall–Kier alpha value is -1.19. The molecule has 14 heavy (non-hydrogen) atoms. The summed E-state index contributed by atoms with van der Waals surface area (Å²) in [5.74, 6) is -1.13. The molecule has 0 unspecified atom stereocenters. The predicted molar refractivity (Wildman–Crippen MR) is 52.4 cm³/mol. The Morgan fingerprint density at radius 2 is 1.86 bits per heavy atom. The minimum Gasteiger partial charge on any atom is -0.328 e. The van der Waals surface area contributed by atoms with Gasteiger partial charge in [0.25, 0.3) is 5.91 Å². The molecule has 0 rings (SSSR count). The van der Waals surface area contributed by atoms with Gasteiger partial charge in [-0.3, -0.25) is 14.4 Å². The van der Waals surface area contributed by atoms with Crippen LogP contribution in [-0.2, 0) is 14.4 Å². The number of rotatable bonds is 5. The number of carbonyl (C=O) groups is 2. The van der Waals surface area contributed by atoms with Gasteiger partial charge in [0.1, 0.15) is 6.04 Å². The summed E-state index contributed by atoms with van der Waals surface area (Å²) in [6.07, 6.45) is 1.92. The molecule has 79 valence electrons. The zero-order valence-electron chi connectivity index (χ0n) is 9.03. The number of likely N-dealkylation sites (N-methyl/N-ethyl adjacent to an activating group) is 1. The fourth-order valence-electron chi connectivity index (χ4n) is 1.14. The van der Waals surface area contributed by atoms with Crippen molar-refractivity contribution in [3.8, 4) is 0 Å². The van der Waals surface area contributed by atoms with E-state index >= 15 is 0 Å². The van der Waals surface area contributed by atoms with Crippen molar-refractivity contribution in [2.75, 3.05) is 7.05 Å². The van der Waals surface area contributed by atoms with Crippen LogP contribution in [0.2, 0.25) is 0 Å². The summed E-state index contributed by atoms with van der Waals surface area (Å²) in [5, 5.41) is 0. The summed E-state index contributed by atoms with van der Waals surface area (Å²) in [5.41, 5.74) is 0. The van der Waals surface area contributed by atoms with Gasteiger partial charge in [-0.25, -0.2) is 0 Å². The van der Waals surface area contributed by atoms with E-state index in [2.05, 4.69) is 0 Å². The van der Waals surface area contributed by atoms with Gasteiger partial charge in [0.05, 0.1) is 0 Å². The number of hydrogen-bond donors (Lipinski definition) is 0. The maximum absolute atomic E-state index is 11.4. The van der Waals surface area contributed by atoms with Crippen LogP contribution < -0.4 is 0 Å². The van der Waals surface area contributed by atoms with E-state index in [-0.39, 0.29) is 12.3 Å². The van der Waals surface area contributed by atoms with E-state index < -0.39 is 17.7 Å². The highest BCUT2D eigenvalue weighted by Gasteiger charge is 2.26. The van der Waals surface area contributed by atoms with Crippen LogP contribution in [0.15, 0.2) is 0 Å². The van der Waals surface area contributed by atoms with Crippen LogP contribution in [0, 0.1) is 5.92 Å². The molecule has 0 saturated heterocycles. The van der Waals surface area contributed by atoms with Crippen molar-refractivity contribution in [1.82, 2.24) is 4.90 Å². The SMILES string of the molecule is CCC(=O)C(=O)N(C)[C@H]([C]=O)C(C)C. The molecule has 1 amide bonds. The Morgan fingerprint density at radius 3 is 2.14 bits per heavy atom. The third-order valence-electron chi connectivity index (χ3n) is 2.05. The highest BCUT2D eigenvalue weighted by molar-refractivity contribution is 6.36. The molecule has 0 saturated carbocycles. The molecule has 0 fully saturated rings. The molecule has 0 aromatic carbocycles. The second-order valence-corrected chi connectivity index (χ2v) is 3.50. The van der Waals surface area contributed by atoms with Crippen LogP contribution in [0.25, 0.3) is 0 Å². The largest absolute Gasteiger partial charge is 0.328 e. The first-order valence-corrected chi connectivity index (χ1v) is 4.63. The summed E-state index contributed by atoms with van der Waals surface area (Å²) >= 11 is 0. The molecule has 4 heteroatoms. The highest BCUT2D eigenvalue weighted by Crippen LogP contribution is 2.07. The molecule has 0 N–H and O–H groups in total. The molecule has 1 atom stereocenters. The van der Waals surface area contributed by atoms with E-state index in [0.29, 0.717) is 0 Å². The molecule has 0 spiro atoms. The van der Waals surface area contributed by atoms with Crippen LogP contribution in [0.4, 0.5) is 0 Å². The van der Waals surface area contributed by atoms with Crippen LogP contribution in [0.1, 0.15) is 27.2 Å². The normalized spacial score (nSPS) is 12.4. The molecule has 0 heterocycles. The first kappa shape index (κ1) is 12.8. The van der Waals surface area contributed by atoms with Gasteiger partial charge in [0, 0.05) is 13.5 Å². The summed E-state index contributed by atoms with van der Waals surface area (Å²) in [6.45, 7) is 5.22. The van der Waals surface area contributed by atoms with Gasteiger partial charge in [-0.1, -0.05) is 20.8 Å². The van der Waals surface area contributed by atoms with Gasteiger partial charge in [0.15, 0.2) is 0 Å². The molecule has 0 bridgehead atoms. The number of hydrogen-bond acceptors (Lipinski definition) is 3. The Morgan fingerprint density at radius 1 is 1.36 bits per heavy atom. The van der Waals surface area contributed by atoms with E-state index in [1.54, 1.807) is 27.1 Å². The molecule has 4 nitrogen and oxygen atoms in total. The van der Waals surface area contributed by atoms with Crippen LogP contribution >= 0.6 is 0 Å². The van der Waals surface area contributed by atoms with Crippen LogP contribution in [0.5, 0.6) is 0 Å². The molecule has 0 aromatic heterocycles. The average Bonchev–Trinajstić information content (AvgIpc) is 2.15. The predicted octanol–water partition coefficient (Wildman–Crippen LogP) is 0.558. The van der Waals surface area contributed by atoms with Crippen LogP contribution in [-0.4, -0.2) is 36.0 Å². The lowest BCUT2D eigenvalue weighted by Gasteiger charge is -2.25. The number of ketones is 1. The highest BCUT2D eigenvalue weighted by atomic mass is 16.2. The van der Waals surface area contributed by atoms with Gasteiger partial charge in [-0.05, 0) is 5.92 Å². The summed E-state index contributed by atoms with van der Waals surface area (Å²) in [7, 11) is 1.45. The quantitative estimate of drug-likeness (QED) is 0.606. The van der Waals surface area contributed by atoms with Gasteiger partial charge >= 0.3 is 0 Å². The summed E-state index contributed by atoms with van der Waals surface area (Å²) < 4.78 is 0. The molecule has 0 aliphatic carbocycles. The Labute approximate surface area is 84.3 Å². The zero-order chi connectivity index (χ0) is 11.3.